The highest BCUT2D eigenvalue weighted by molar-refractivity contribution is 5.80. The number of carbonyl (C=O) groups is 1. The van der Waals surface area contributed by atoms with Gasteiger partial charge in [0, 0.05) is 6.08 Å². The van der Waals surface area contributed by atoms with Crippen LogP contribution in [0.25, 0.3) is 0 Å². The van der Waals surface area contributed by atoms with Gasteiger partial charge >= 0.3 is 5.97 Å². The summed E-state index contributed by atoms with van der Waals surface area (Å²) < 4.78 is 5.64. The standard InChI is InChI=1S/C15H20O3/c1-4-12-6-5-7-14(8-12)18-10-13(11(2)3)9-15(16)17/h5-9,11H,4,10H2,1-3H3,(H,16,17)/b13-9-. The fourth-order valence-electron chi connectivity index (χ4n) is 1.56. The highest BCUT2D eigenvalue weighted by atomic mass is 16.5. The van der Waals surface area contributed by atoms with Crippen molar-refractivity contribution in [1.82, 2.24) is 0 Å². The second kappa shape index (κ2) is 6.84. The normalized spacial score (nSPS) is 11.7. The molecule has 0 aliphatic carbocycles. The van der Waals surface area contributed by atoms with Crippen LogP contribution in [0.1, 0.15) is 26.3 Å². The summed E-state index contributed by atoms with van der Waals surface area (Å²) in [7, 11) is 0. The molecule has 0 unspecified atom stereocenters. The van der Waals surface area contributed by atoms with Gasteiger partial charge in [0.15, 0.2) is 0 Å². The topological polar surface area (TPSA) is 46.5 Å². The van der Waals surface area contributed by atoms with Crippen LogP contribution < -0.4 is 4.74 Å². The van der Waals surface area contributed by atoms with E-state index < -0.39 is 5.97 Å². The van der Waals surface area contributed by atoms with Gasteiger partial charge in [-0.15, -0.1) is 0 Å². The highest BCUT2D eigenvalue weighted by Crippen LogP contribution is 2.17. The van der Waals surface area contributed by atoms with Crippen LogP contribution in [0.15, 0.2) is 35.9 Å². The third kappa shape index (κ3) is 4.62. The number of aliphatic carboxylic acids is 1. The molecule has 0 aliphatic heterocycles. The first kappa shape index (κ1) is 14.3. The van der Waals surface area contributed by atoms with Gasteiger partial charge in [-0.25, -0.2) is 4.79 Å². The Bertz CT molecular complexity index is 433. The Balaban J connectivity index is 2.70. The number of benzene rings is 1. The van der Waals surface area contributed by atoms with Gasteiger partial charge in [-0.3, -0.25) is 0 Å². The molecule has 0 radical (unpaired) electrons. The van der Waals surface area contributed by atoms with E-state index in [1.54, 1.807) is 0 Å². The summed E-state index contributed by atoms with van der Waals surface area (Å²) in [6.07, 6.45) is 2.19. The SMILES string of the molecule is CCc1cccc(OC/C(=C/C(=O)O)C(C)C)c1. The number of hydrogen-bond acceptors (Lipinski definition) is 2. The van der Waals surface area contributed by atoms with E-state index in [2.05, 4.69) is 6.92 Å². The number of aryl methyl sites for hydroxylation is 1. The summed E-state index contributed by atoms with van der Waals surface area (Å²) >= 11 is 0. The molecular weight excluding hydrogens is 228 g/mol. The Hall–Kier alpha value is -1.77. The van der Waals surface area contributed by atoms with E-state index in [0.717, 1.165) is 17.7 Å². The fourth-order valence-corrected chi connectivity index (χ4v) is 1.56. The predicted octanol–water partition coefficient (Wildman–Crippen LogP) is 3.29. The molecule has 0 aliphatic rings. The maximum atomic E-state index is 10.7. The van der Waals surface area contributed by atoms with Crippen LogP contribution in [0.2, 0.25) is 0 Å². The van der Waals surface area contributed by atoms with E-state index in [4.69, 9.17) is 9.84 Å². The van der Waals surface area contributed by atoms with Crippen LogP contribution in [0.4, 0.5) is 0 Å². The molecule has 98 valence electrons. The van der Waals surface area contributed by atoms with Crippen LogP contribution in [0, 0.1) is 5.92 Å². The summed E-state index contributed by atoms with van der Waals surface area (Å²) in [6.45, 7) is 6.32. The first-order valence-corrected chi connectivity index (χ1v) is 6.18. The summed E-state index contributed by atoms with van der Waals surface area (Å²) in [5.74, 6) is 0.0198. The van der Waals surface area contributed by atoms with E-state index in [9.17, 15) is 4.79 Å². The average Bonchev–Trinajstić information content (AvgIpc) is 2.34. The minimum atomic E-state index is -0.926. The lowest BCUT2D eigenvalue weighted by Crippen LogP contribution is -2.09. The number of rotatable bonds is 6. The second-order valence-electron chi connectivity index (χ2n) is 4.50. The van der Waals surface area contributed by atoms with Gasteiger partial charge in [-0.05, 0) is 35.6 Å². The number of ether oxygens (including phenoxy) is 1. The molecule has 3 heteroatoms. The van der Waals surface area contributed by atoms with Crippen LogP contribution in [-0.2, 0) is 11.2 Å². The first-order valence-electron chi connectivity index (χ1n) is 6.18. The molecule has 1 N–H and O–H groups in total. The van der Waals surface area contributed by atoms with Gasteiger partial charge in [-0.2, -0.15) is 0 Å². The average molecular weight is 248 g/mol. The summed E-state index contributed by atoms with van der Waals surface area (Å²) in [6, 6.07) is 7.87. The van der Waals surface area contributed by atoms with Crippen molar-refractivity contribution in [3.05, 3.63) is 41.5 Å². The van der Waals surface area contributed by atoms with Crippen molar-refractivity contribution < 1.29 is 14.6 Å². The second-order valence-corrected chi connectivity index (χ2v) is 4.50. The predicted molar refractivity (Wildman–Crippen MR) is 71.9 cm³/mol. The molecule has 0 fully saturated rings. The molecule has 18 heavy (non-hydrogen) atoms. The van der Waals surface area contributed by atoms with Crippen LogP contribution in [-0.4, -0.2) is 17.7 Å². The third-order valence-corrected chi connectivity index (χ3v) is 2.76. The van der Waals surface area contributed by atoms with E-state index in [1.807, 2.05) is 38.1 Å². The lowest BCUT2D eigenvalue weighted by Gasteiger charge is -2.13. The molecule has 1 aromatic carbocycles. The maximum absolute atomic E-state index is 10.7. The molecule has 0 saturated heterocycles. The lowest BCUT2D eigenvalue weighted by atomic mass is 10.0. The smallest absolute Gasteiger partial charge is 0.328 e. The third-order valence-electron chi connectivity index (χ3n) is 2.76. The zero-order chi connectivity index (χ0) is 13.5. The number of carboxylic acids is 1. The van der Waals surface area contributed by atoms with Crippen molar-refractivity contribution >= 4 is 5.97 Å². The molecule has 1 rings (SSSR count). The van der Waals surface area contributed by atoms with Crippen molar-refractivity contribution in [3.63, 3.8) is 0 Å². The number of carboxylic acid groups (broad SMARTS) is 1. The van der Waals surface area contributed by atoms with Crippen molar-refractivity contribution in [2.24, 2.45) is 5.92 Å². The van der Waals surface area contributed by atoms with Gasteiger partial charge < -0.3 is 9.84 Å². The Morgan fingerprint density at radius 1 is 1.44 bits per heavy atom. The largest absolute Gasteiger partial charge is 0.489 e. The van der Waals surface area contributed by atoms with Crippen molar-refractivity contribution in [2.45, 2.75) is 27.2 Å². The molecule has 0 aromatic heterocycles. The summed E-state index contributed by atoms with van der Waals surface area (Å²) in [5.41, 5.74) is 1.99. The van der Waals surface area contributed by atoms with Gasteiger partial charge in [0.05, 0.1) is 0 Å². The Kier molecular flexibility index (Phi) is 5.43. The van der Waals surface area contributed by atoms with Crippen LogP contribution in [0.3, 0.4) is 0 Å². The number of hydrogen-bond donors (Lipinski definition) is 1. The van der Waals surface area contributed by atoms with Crippen molar-refractivity contribution in [1.29, 1.82) is 0 Å². The highest BCUT2D eigenvalue weighted by Gasteiger charge is 2.07. The molecule has 0 saturated carbocycles. The van der Waals surface area contributed by atoms with Gasteiger partial charge in [0.1, 0.15) is 12.4 Å². The molecule has 3 nitrogen and oxygen atoms in total. The Morgan fingerprint density at radius 2 is 2.17 bits per heavy atom. The van der Waals surface area contributed by atoms with E-state index >= 15 is 0 Å². The summed E-state index contributed by atoms with van der Waals surface area (Å²) in [5, 5.41) is 8.78. The van der Waals surface area contributed by atoms with E-state index in [0.29, 0.717) is 6.61 Å². The molecule has 1 aromatic rings. The molecular formula is C15H20O3. The fraction of sp³-hybridized carbons (Fsp3) is 0.400. The van der Waals surface area contributed by atoms with Gasteiger partial charge in [0.25, 0.3) is 0 Å². The van der Waals surface area contributed by atoms with E-state index in [-0.39, 0.29) is 5.92 Å². The summed E-state index contributed by atoms with van der Waals surface area (Å²) in [4.78, 5) is 10.7. The minimum absolute atomic E-state index is 0.162. The molecule has 0 amide bonds. The molecule has 0 atom stereocenters. The molecule has 0 bridgehead atoms. The van der Waals surface area contributed by atoms with Crippen molar-refractivity contribution in [2.75, 3.05) is 6.61 Å². The van der Waals surface area contributed by atoms with Gasteiger partial charge in [0.2, 0.25) is 0 Å². The van der Waals surface area contributed by atoms with Crippen LogP contribution in [0.5, 0.6) is 5.75 Å². The van der Waals surface area contributed by atoms with E-state index in [1.165, 1.54) is 11.6 Å². The Morgan fingerprint density at radius 3 is 2.72 bits per heavy atom. The lowest BCUT2D eigenvalue weighted by molar-refractivity contribution is -0.131. The maximum Gasteiger partial charge on any atom is 0.328 e. The first-order chi connectivity index (χ1) is 8.52. The monoisotopic (exact) mass is 248 g/mol. The molecule has 0 spiro atoms. The minimum Gasteiger partial charge on any atom is -0.489 e. The molecule has 0 heterocycles. The zero-order valence-electron chi connectivity index (χ0n) is 11.1. The van der Waals surface area contributed by atoms with Gasteiger partial charge in [-0.1, -0.05) is 32.9 Å². The Labute approximate surface area is 108 Å². The quantitative estimate of drug-likeness (QED) is 0.786. The zero-order valence-corrected chi connectivity index (χ0v) is 11.1. The van der Waals surface area contributed by atoms with Crippen molar-refractivity contribution in [3.8, 4) is 5.75 Å². The van der Waals surface area contributed by atoms with Crippen LogP contribution >= 0.6 is 0 Å².